The number of nitrogens with zero attached hydrogens (tertiary/aromatic N) is 1. The number of hydrogen-bond donors (Lipinski definition) is 1. The molecule has 0 aliphatic rings. The third-order valence-electron chi connectivity index (χ3n) is 2.71. The van der Waals surface area contributed by atoms with Gasteiger partial charge in [0, 0.05) is 0 Å². The van der Waals surface area contributed by atoms with Crippen LogP contribution in [0.1, 0.15) is 21.5 Å². The molecule has 0 aromatic heterocycles. The topological polar surface area (TPSA) is 41.5 Å². The number of hydrazone groups is 1. The number of carbonyl (C=O) groups excluding carboxylic acids is 1. The molecule has 22 heavy (non-hydrogen) atoms. The van der Waals surface area contributed by atoms with Crippen molar-refractivity contribution in [2.24, 2.45) is 5.10 Å². The number of rotatable bonds is 3. The summed E-state index contributed by atoms with van der Waals surface area (Å²) in [5.74, 6) is -0.547. The highest BCUT2D eigenvalue weighted by atomic mass is 35.5. The third-order valence-corrected chi connectivity index (χ3v) is 3.04. The Balaban J connectivity index is 2.07. The number of carbonyl (C=O) groups is 1. The summed E-state index contributed by atoms with van der Waals surface area (Å²) < 4.78 is 37.7. The van der Waals surface area contributed by atoms with Gasteiger partial charge in [0.05, 0.1) is 22.4 Å². The molecule has 0 aliphatic carbocycles. The molecule has 0 bridgehead atoms. The van der Waals surface area contributed by atoms with Crippen LogP contribution >= 0.6 is 11.6 Å². The van der Waals surface area contributed by atoms with Gasteiger partial charge in [0.25, 0.3) is 5.91 Å². The van der Waals surface area contributed by atoms with E-state index in [0.29, 0.717) is 0 Å². The average Bonchev–Trinajstić information content (AvgIpc) is 2.47. The lowest BCUT2D eigenvalue weighted by Crippen LogP contribution is -2.18. The summed E-state index contributed by atoms with van der Waals surface area (Å²) in [7, 11) is 0. The van der Waals surface area contributed by atoms with Gasteiger partial charge in [-0.1, -0.05) is 35.9 Å². The van der Waals surface area contributed by atoms with E-state index in [9.17, 15) is 18.0 Å². The highest BCUT2D eigenvalue weighted by molar-refractivity contribution is 6.33. The molecule has 2 rings (SSSR count). The van der Waals surface area contributed by atoms with Crippen molar-refractivity contribution in [2.45, 2.75) is 6.18 Å². The molecular formula is C15H10ClF3N2O. The second-order valence-corrected chi connectivity index (χ2v) is 4.71. The van der Waals surface area contributed by atoms with Gasteiger partial charge in [0.1, 0.15) is 0 Å². The van der Waals surface area contributed by atoms with Gasteiger partial charge in [0.15, 0.2) is 0 Å². The van der Waals surface area contributed by atoms with E-state index < -0.39 is 17.6 Å². The monoisotopic (exact) mass is 326 g/mol. The van der Waals surface area contributed by atoms with Crippen LogP contribution in [0.2, 0.25) is 5.02 Å². The molecule has 0 saturated heterocycles. The minimum absolute atomic E-state index is 0.217. The standard InChI is InChI=1S/C15H10ClF3N2O/c16-13-7-2-1-6-12(13)14(22)21-20-9-10-4-3-5-11(8-10)15(17,18)19/h1-9H,(H,21,22). The first-order valence-electron chi connectivity index (χ1n) is 6.13. The van der Waals surface area contributed by atoms with Crippen molar-refractivity contribution >= 4 is 23.7 Å². The van der Waals surface area contributed by atoms with E-state index in [2.05, 4.69) is 10.5 Å². The largest absolute Gasteiger partial charge is 0.416 e. The van der Waals surface area contributed by atoms with Gasteiger partial charge in [0.2, 0.25) is 0 Å². The van der Waals surface area contributed by atoms with Gasteiger partial charge >= 0.3 is 6.18 Å². The van der Waals surface area contributed by atoms with Crippen LogP contribution < -0.4 is 5.43 Å². The van der Waals surface area contributed by atoms with E-state index in [1.807, 2.05) is 0 Å². The summed E-state index contributed by atoms with van der Waals surface area (Å²) in [5.41, 5.74) is 1.87. The molecule has 0 radical (unpaired) electrons. The second-order valence-electron chi connectivity index (χ2n) is 4.30. The molecule has 0 unspecified atom stereocenters. The third kappa shape index (κ3) is 4.08. The Hall–Kier alpha value is -2.34. The zero-order chi connectivity index (χ0) is 16.2. The fraction of sp³-hybridized carbons (Fsp3) is 0.0667. The van der Waals surface area contributed by atoms with Crippen LogP contribution in [0.25, 0.3) is 0 Å². The Morgan fingerprint density at radius 3 is 2.55 bits per heavy atom. The first-order valence-corrected chi connectivity index (χ1v) is 6.51. The van der Waals surface area contributed by atoms with Crippen molar-refractivity contribution in [3.05, 3.63) is 70.2 Å². The maximum absolute atomic E-state index is 12.6. The first kappa shape index (κ1) is 16.0. The lowest BCUT2D eigenvalue weighted by atomic mass is 10.1. The number of benzene rings is 2. The normalized spacial score (nSPS) is 11.6. The number of halogens is 4. The molecule has 1 amide bonds. The molecule has 7 heteroatoms. The number of nitrogens with one attached hydrogen (secondary N) is 1. The summed E-state index contributed by atoms with van der Waals surface area (Å²) in [5, 5.41) is 3.89. The zero-order valence-corrected chi connectivity index (χ0v) is 11.8. The van der Waals surface area contributed by atoms with E-state index >= 15 is 0 Å². The quantitative estimate of drug-likeness (QED) is 0.669. The van der Waals surface area contributed by atoms with E-state index in [1.165, 1.54) is 18.2 Å². The Morgan fingerprint density at radius 2 is 1.86 bits per heavy atom. The molecule has 2 aromatic rings. The Morgan fingerprint density at radius 1 is 1.14 bits per heavy atom. The highest BCUT2D eigenvalue weighted by Crippen LogP contribution is 2.29. The van der Waals surface area contributed by atoms with Crippen LogP contribution in [-0.4, -0.2) is 12.1 Å². The number of hydrogen-bond acceptors (Lipinski definition) is 2. The molecule has 114 valence electrons. The van der Waals surface area contributed by atoms with Gasteiger partial charge in [-0.15, -0.1) is 0 Å². The maximum atomic E-state index is 12.6. The van der Waals surface area contributed by atoms with Gasteiger partial charge in [-0.2, -0.15) is 18.3 Å². The minimum Gasteiger partial charge on any atom is -0.267 e. The predicted molar refractivity (Wildman–Crippen MR) is 78.0 cm³/mol. The molecule has 0 saturated carbocycles. The number of amides is 1. The first-order chi connectivity index (χ1) is 10.4. The molecule has 0 spiro atoms. The van der Waals surface area contributed by atoms with Crippen molar-refractivity contribution in [2.75, 3.05) is 0 Å². The molecule has 0 atom stereocenters. The SMILES string of the molecule is O=C(NN=Cc1cccc(C(F)(F)F)c1)c1ccccc1Cl. The fourth-order valence-electron chi connectivity index (χ4n) is 1.67. The summed E-state index contributed by atoms with van der Waals surface area (Å²) in [6, 6.07) is 11.0. The van der Waals surface area contributed by atoms with E-state index in [4.69, 9.17) is 11.6 Å². The van der Waals surface area contributed by atoms with Crippen molar-refractivity contribution in [3.63, 3.8) is 0 Å². The zero-order valence-electron chi connectivity index (χ0n) is 11.1. The van der Waals surface area contributed by atoms with E-state index in [0.717, 1.165) is 18.3 Å². The van der Waals surface area contributed by atoms with Gasteiger partial charge in [-0.05, 0) is 29.8 Å². The van der Waals surface area contributed by atoms with Crippen molar-refractivity contribution in [3.8, 4) is 0 Å². The molecule has 2 aromatic carbocycles. The fourth-order valence-corrected chi connectivity index (χ4v) is 1.89. The van der Waals surface area contributed by atoms with Crippen LogP contribution in [0.3, 0.4) is 0 Å². The molecule has 3 nitrogen and oxygen atoms in total. The van der Waals surface area contributed by atoms with Gasteiger partial charge in [-0.3, -0.25) is 4.79 Å². The molecule has 0 aliphatic heterocycles. The van der Waals surface area contributed by atoms with E-state index in [-0.39, 0.29) is 16.1 Å². The molecular weight excluding hydrogens is 317 g/mol. The van der Waals surface area contributed by atoms with E-state index in [1.54, 1.807) is 18.2 Å². The highest BCUT2D eigenvalue weighted by Gasteiger charge is 2.30. The average molecular weight is 327 g/mol. The maximum Gasteiger partial charge on any atom is 0.416 e. The van der Waals surface area contributed by atoms with Crippen LogP contribution in [0.15, 0.2) is 53.6 Å². The minimum atomic E-state index is -4.43. The smallest absolute Gasteiger partial charge is 0.267 e. The summed E-state index contributed by atoms with van der Waals surface area (Å²) >= 11 is 5.85. The predicted octanol–water partition coefficient (Wildman–Crippen LogP) is 4.12. The Bertz CT molecular complexity index is 714. The lowest BCUT2D eigenvalue weighted by Gasteiger charge is -2.06. The van der Waals surface area contributed by atoms with Crippen LogP contribution in [0.4, 0.5) is 13.2 Å². The Labute approximate surface area is 129 Å². The summed E-state index contributed by atoms with van der Waals surface area (Å²) in [6.07, 6.45) is -3.30. The Kier molecular flexibility index (Phi) is 4.82. The van der Waals surface area contributed by atoms with Crippen LogP contribution in [0.5, 0.6) is 0 Å². The summed E-state index contributed by atoms with van der Waals surface area (Å²) in [6.45, 7) is 0. The molecule has 0 heterocycles. The summed E-state index contributed by atoms with van der Waals surface area (Å²) in [4.78, 5) is 11.8. The van der Waals surface area contributed by atoms with Gasteiger partial charge < -0.3 is 0 Å². The lowest BCUT2D eigenvalue weighted by molar-refractivity contribution is -0.137. The van der Waals surface area contributed by atoms with Crippen LogP contribution in [0, 0.1) is 0 Å². The van der Waals surface area contributed by atoms with Crippen molar-refractivity contribution in [1.29, 1.82) is 0 Å². The molecule has 0 fully saturated rings. The second kappa shape index (κ2) is 6.62. The van der Waals surface area contributed by atoms with Crippen LogP contribution in [-0.2, 0) is 6.18 Å². The van der Waals surface area contributed by atoms with Crippen molar-refractivity contribution < 1.29 is 18.0 Å². The molecule has 1 N–H and O–H groups in total. The van der Waals surface area contributed by atoms with Gasteiger partial charge in [-0.25, -0.2) is 5.43 Å². The van der Waals surface area contributed by atoms with Crippen molar-refractivity contribution in [1.82, 2.24) is 5.43 Å². The number of alkyl halides is 3.